The number of fused-ring (bicyclic) bond motifs is 1. The Hall–Kier alpha value is -2.43. The van der Waals surface area contributed by atoms with E-state index in [0.29, 0.717) is 6.42 Å². The van der Waals surface area contributed by atoms with Crippen LogP contribution in [0.5, 0.6) is 0 Å². The second kappa shape index (κ2) is 6.04. The fourth-order valence-electron chi connectivity index (χ4n) is 4.60. The molecule has 0 N–H and O–H groups in total. The van der Waals surface area contributed by atoms with Gasteiger partial charge in [0.25, 0.3) is 10.1 Å². The van der Waals surface area contributed by atoms with E-state index in [2.05, 4.69) is 36.4 Å². The van der Waals surface area contributed by atoms with Gasteiger partial charge in [0, 0.05) is 11.8 Å². The Morgan fingerprint density at radius 1 is 0.778 bits per heavy atom. The first-order chi connectivity index (χ1) is 13.0. The average Bonchev–Trinajstić information content (AvgIpc) is 2.68. The van der Waals surface area contributed by atoms with E-state index in [4.69, 9.17) is 4.18 Å². The highest BCUT2D eigenvalue weighted by Gasteiger charge is 2.45. The lowest BCUT2D eigenvalue weighted by Gasteiger charge is -2.44. The Bertz CT molecular complexity index is 1070. The van der Waals surface area contributed by atoms with Crippen molar-refractivity contribution in [1.29, 1.82) is 0 Å². The van der Waals surface area contributed by atoms with Gasteiger partial charge in [0.1, 0.15) is 0 Å². The second-order valence-corrected chi connectivity index (χ2v) is 9.00. The molecule has 0 heterocycles. The molecular formula is C23H20O3S. The van der Waals surface area contributed by atoms with E-state index in [1.54, 1.807) is 24.3 Å². The van der Waals surface area contributed by atoms with Crippen molar-refractivity contribution in [2.75, 3.05) is 0 Å². The van der Waals surface area contributed by atoms with Crippen LogP contribution in [0.2, 0.25) is 0 Å². The van der Waals surface area contributed by atoms with Crippen LogP contribution in [0.1, 0.15) is 46.1 Å². The lowest BCUT2D eigenvalue weighted by Crippen LogP contribution is -2.38. The van der Waals surface area contributed by atoms with Crippen molar-refractivity contribution >= 4 is 10.1 Å². The second-order valence-electron chi connectivity index (χ2n) is 7.43. The van der Waals surface area contributed by atoms with Crippen molar-refractivity contribution < 1.29 is 12.6 Å². The van der Waals surface area contributed by atoms with Crippen LogP contribution in [-0.4, -0.2) is 14.5 Å². The summed E-state index contributed by atoms with van der Waals surface area (Å²) in [6.45, 7) is 1.94. The molecule has 0 aromatic heterocycles. The monoisotopic (exact) mass is 376 g/mol. The van der Waals surface area contributed by atoms with E-state index >= 15 is 0 Å². The van der Waals surface area contributed by atoms with E-state index in [0.717, 1.165) is 5.56 Å². The van der Waals surface area contributed by atoms with Crippen molar-refractivity contribution in [3.8, 4) is 0 Å². The van der Waals surface area contributed by atoms with Crippen LogP contribution in [0.3, 0.4) is 0 Å². The van der Waals surface area contributed by atoms with Gasteiger partial charge in [-0.05, 0) is 47.7 Å². The van der Waals surface area contributed by atoms with Gasteiger partial charge in [0.05, 0.1) is 11.0 Å². The summed E-state index contributed by atoms with van der Waals surface area (Å²) in [7, 11) is -3.80. The molecule has 0 spiro atoms. The predicted octanol–water partition coefficient (Wildman–Crippen LogP) is 4.75. The third kappa shape index (κ3) is 2.63. The third-order valence-electron chi connectivity index (χ3n) is 5.81. The molecule has 3 nitrogen and oxygen atoms in total. The Kier molecular flexibility index (Phi) is 3.74. The molecule has 0 radical (unpaired) electrons. The highest BCUT2D eigenvalue weighted by Crippen LogP contribution is 2.53. The highest BCUT2D eigenvalue weighted by atomic mass is 32.2. The first-order valence-electron chi connectivity index (χ1n) is 9.22. The average molecular weight is 376 g/mol. The number of benzene rings is 3. The van der Waals surface area contributed by atoms with Crippen LogP contribution in [0.25, 0.3) is 0 Å². The van der Waals surface area contributed by atoms with Gasteiger partial charge in [-0.15, -0.1) is 0 Å². The zero-order chi connectivity index (χ0) is 18.6. The van der Waals surface area contributed by atoms with Gasteiger partial charge in [-0.2, -0.15) is 8.42 Å². The highest BCUT2D eigenvalue weighted by molar-refractivity contribution is 7.86. The maximum atomic E-state index is 12.9. The smallest absolute Gasteiger partial charge is 0.262 e. The fourth-order valence-corrected chi connectivity index (χ4v) is 5.69. The largest absolute Gasteiger partial charge is 0.297 e. The van der Waals surface area contributed by atoms with Gasteiger partial charge >= 0.3 is 0 Å². The van der Waals surface area contributed by atoms with Crippen LogP contribution in [0, 0.1) is 6.92 Å². The molecule has 4 heteroatoms. The summed E-state index contributed by atoms with van der Waals surface area (Å²) >= 11 is 0. The van der Waals surface area contributed by atoms with Gasteiger partial charge in [-0.3, -0.25) is 4.18 Å². The SMILES string of the molecule is Cc1ccc(S(=O)(=O)O[C@@H]2CC3c4ccccc4C2c2ccccc23)cc1. The fraction of sp³-hybridized carbons (Fsp3) is 0.217. The van der Waals surface area contributed by atoms with Gasteiger partial charge in [0.15, 0.2) is 0 Å². The topological polar surface area (TPSA) is 43.4 Å². The Morgan fingerprint density at radius 3 is 1.85 bits per heavy atom. The maximum absolute atomic E-state index is 12.9. The molecular weight excluding hydrogens is 356 g/mol. The van der Waals surface area contributed by atoms with Gasteiger partial charge < -0.3 is 0 Å². The van der Waals surface area contributed by atoms with E-state index < -0.39 is 10.1 Å². The maximum Gasteiger partial charge on any atom is 0.297 e. The Morgan fingerprint density at radius 2 is 1.30 bits per heavy atom. The number of hydrogen-bond donors (Lipinski definition) is 0. The molecule has 0 unspecified atom stereocenters. The zero-order valence-corrected chi connectivity index (χ0v) is 15.8. The molecule has 3 aliphatic carbocycles. The van der Waals surface area contributed by atoms with Crippen molar-refractivity contribution in [1.82, 2.24) is 0 Å². The van der Waals surface area contributed by atoms with Crippen LogP contribution < -0.4 is 0 Å². The minimum Gasteiger partial charge on any atom is -0.262 e. The van der Waals surface area contributed by atoms with E-state index in [1.807, 2.05) is 19.1 Å². The van der Waals surface area contributed by atoms with Crippen LogP contribution in [0.15, 0.2) is 77.7 Å². The van der Waals surface area contributed by atoms with Crippen molar-refractivity contribution in [2.24, 2.45) is 0 Å². The molecule has 0 saturated carbocycles. The molecule has 0 amide bonds. The molecule has 27 heavy (non-hydrogen) atoms. The molecule has 6 rings (SSSR count). The third-order valence-corrected chi connectivity index (χ3v) is 7.16. The summed E-state index contributed by atoms with van der Waals surface area (Å²) < 4.78 is 31.6. The molecule has 136 valence electrons. The quantitative estimate of drug-likeness (QED) is 0.620. The van der Waals surface area contributed by atoms with Gasteiger partial charge in [-0.1, -0.05) is 66.2 Å². The number of hydrogen-bond acceptors (Lipinski definition) is 3. The number of aryl methyl sites for hydroxylation is 1. The standard InChI is InChI=1S/C23H20O3S/c1-15-10-12-16(13-11-15)27(24,25)26-22-14-21-17-6-2-4-8-19(17)23(22)20-9-5-3-7-18(20)21/h2-13,21-23H,14H2,1H3/t21?,22-,23?/m1/s1. The first kappa shape index (κ1) is 16.7. The van der Waals surface area contributed by atoms with Crippen LogP contribution >= 0.6 is 0 Å². The normalized spacial score (nSPS) is 22.9. The van der Waals surface area contributed by atoms with Crippen LogP contribution in [0.4, 0.5) is 0 Å². The van der Waals surface area contributed by atoms with E-state index in [9.17, 15) is 8.42 Å². The van der Waals surface area contributed by atoms with Crippen LogP contribution in [-0.2, 0) is 14.3 Å². The summed E-state index contributed by atoms with van der Waals surface area (Å²) in [6, 6.07) is 23.5. The van der Waals surface area contributed by atoms with E-state index in [-0.39, 0.29) is 22.8 Å². The summed E-state index contributed by atoms with van der Waals surface area (Å²) in [5.74, 6) is 0.128. The van der Waals surface area contributed by atoms with Crippen molar-refractivity contribution in [2.45, 2.75) is 36.2 Å². The van der Waals surface area contributed by atoms with Crippen molar-refractivity contribution in [3.05, 3.63) is 101 Å². The summed E-state index contributed by atoms with van der Waals surface area (Å²) in [5, 5.41) is 0. The van der Waals surface area contributed by atoms with Gasteiger partial charge in [0.2, 0.25) is 0 Å². The molecule has 3 aromatic carbocycles. The Balaban J connectivity index is 1.57. The molecule has 1 atom stereocenters. The molecule has 0 aliphatic heterocycles. The predicted molar refractivity (Wildman–Crippen MR) is 104 cm³/mol. The van der Waals surface area contributed by atoms with Crippen molar-refractivity contribution in [3.63, 3.8) is 0 Å². The molecule has 3 aliphatic rings. The first-order valence-corrected chi connectivity index (χ1v) is 10.6. The molecule has 3 aromatic rings. The van der Waals surface area contributed by atoms with Gasteiger partial charge in [-0.25, -0.2) is 0 Å². The van der Waals surface area contributed by atoms with E-state index in [1.165, 1.54) is 22.3 Å². The summed E-state index contributed by atoms with van der Waals surface area (Å²) in [4.78, 5) is 0.219. The molecule has 0 saturated heterocycles. The number of rotatable bonds is 3. The molecule has 2 bridgehead atoms. The molecule has 0 fully saturated rings. The minimum absolute atomic E-state index is 0.0531. The zero-order valence-electron chi connectivity index (χ0n) is 15.0. The summed E-state index contributed by atoms with van der Waals surface area (Å²) in [6.07, 6.45) is 0.301. The Labute approximate surface area is 159 Å². The minimum atomic E-state index is -3.80. The lowest BCUT2D eigenvalue weighted by molar-refractivity contribution is 0.156. The lowest BCUT2D eigenvalue weighted by atomic mass is 9.62. The summed E-state index contributed by atoms with van der Waals surface area (Å²) in [5.41, 5.74) is 6.00.